The van der Waals surface area contributed by atoms with E-state index in [9.17, 15) is 0 Å². The van der Waals surface area contributed by atoms with Gasteiger partial charge >= 0.3 is 0 Å². The van der Waals surface area contributed by atoms with Crippen LogP contribution in [0.5, 0.6) is 0 Å². The number of aromatic nitrogens is 1. The minimum absolute atomic E-state index is 0. The van der Waals surface area contributed by atoms with E-state index in [0.717, 1.165) is 6.54 Å². The van der Waals surface area contributed by atoms with Gasteiger partial charge in [-0.05, 0) is 42.3 Å². The first-order valence-electron chi connectivity index (χ1n) is 7.55. The molecule has 23 heavy (non-hydrogen) atoms. The Kier molecular flexibility index (Phi) is 6.18. The van der Waals surface area contributed by atoms with Gasteiger partial charge in [0.15, 0.2) is 12.7 Å². The molecule has 1 aliphatic heterocycles. The molecule has 0 unspecified atom stereocenters. The lowest BCUT2D eigenvalue weighted by atomic mass is 10.1. The van der Waals surface area contributed by atoms with Gasteiger partial charge in [-0.2, -0.15) is 0 Å². The molecular weight excluding hydrogens is 415 g/mol. The first kappa shape index (κ1) is 17.9. The molecule has 0 saturated carbocycles. The molecule has 2 nitrogen and oxygen atoms in total. The molecule has 2 aliphatic rings. The smallest absolute Gasteiger partial charge is 0.183 e. The second kappa shape index (κ2) is 7.93. The van der Waals surface area contributed by atoms with Gasteiger partial charge in [0.2, 0.25) is 0 Å². The van der Waals surface area contributed by atoms with Crippen molar-refractivity contribution in [2.75, 3.05) is 19.0 Å². The number of benzene rings is 1. The van der Waals surface area contributed by atoms with E-state index in [1.807, 2.05) is 11.5 Å². The van der Waals surface area contributed by atoms with Gasteiger partial charge in [-0.1, -0.05) is 24.3 Å². The zero-order chi connectivity index (χ0) is 15.5. The van der Waals surface area contributed by atoms with E-state index in [0.29, 0.717) is 0 Å². The Labute approximate surface area is 159 Å². The monoisotopic (exact) mass is 436 g/mol. The molecule has 0 aromatic heterocycles. The minimum atomic E-state index is 0. The number of nitrogens with zero attached hydrogens (tertiary/aromatic N) is 2. The van der Waals surface area contributed by atoms with Crippen molar-refractivity contribution >= 4 is 29.4 Å². The van der Waals surface area contributed by atoms with Gasteiger partial charge in [0.05, 0.1) is 4.88 Å². The molecule has 0 spiro atoms. The van der Waals surface area contributed by atoms with E-state index in [2.05, 4.69) is 90.7 Å². The van der Waals surface area contributed by atoms with Crippen LogP contribution in [0.3, 0.4) is 0 Å². The van der Waals surface area contributed by atoms with Crippen molar-refractivity contribution in [1.82, 2.24) is 0 Å². The number of anilines is 1. The third-order valence-electron chi connectivity index (χ3n) is 3.73. The van der Waals surface area contributed by atoms with Crippen LogP contribution in [0.1, 0.15) is 18.1 Å². The van der Waals surface area contributed by atoms with Crippen LogP contribution >= 0.6 is 11.5 Å². The van der Waals surface area contributed by atoms with Gasteiger partial charge in [-0.25, -0.2) is 0 Å². The van der Waals surface area contributed by atoms with Crippen LogP contribution in [-0.2, 0) is 6.54 Å². The normalized spacial score (nSPS) is 10.9. The summed E-state index contributed by atoms with van der Waals surface area (Å²) in [5.74, 6) is 0. The highest BCUT2D eigenvalue weighted by molar-refractivity contribution is 7.05. The minimum Gasteiger partial charge on any atom is -1.00 e. The quantitative estimate of drug-likeness (QED) is 0.443. The summed E-state index contributed by atoms with van der Waals surface area (Å²) in [6, 6.07) is 15.3. The van der Waals surface area contributed by atoms with Gasteiger partial charge in [0, 0.05) is 31.4 Å². The van der Waals surface area contributed by atoms with E-state index < -0.39 is 0 Å². The van der Waals surface area contributed by atoms with Gasteiger partial charge in [0.25, 0.3) is 0 Å². The molecule has 1 aromatic carbocycles. The predicted octanol–water partition coefficient (Wildman–Crippen LogP) is 1.40. The van der Waals surface area contributed by atoms with E-state index in [1.165, 1.54) is 27.3 Å². The summed E-state index contributed by atoms with van der Waals surface area (Å²) in [5.41, 5.74) is 5.03. The van der Waals surface area contributed by atoms with Gasteiger partial charge in [-0.3, -0.25) is 0 Å². The number of aryl methyl sites for hydroxylation is 1. The van der Waals surface area contributed by atoms with Crippen molar-refractivity contribution in [3.05, 3.63) is 59.8 Å². The molecule has 0 radical (unpaired) electrons. The van der Waals surface area contributed by atoms with Crippen molar-refractivity contribution < 1.29 is 27.9 Å². The van der Waals surface area contributed by atoms with Crippen molar-refractivity contribution in [3.63, 3.8) is 0 Å². The molecule has 4 heteroatoms. The summed E-state index contributed by atoms with van der Waals surface area (Å²) in [4.78, 5) is 3.45. The summed E-state index contributed by atoms with van der Waals surface area (Å²) in [7, 11) is 4.12. The molecule has 0 amide bonds. The average Bonchev–Trinajstić information content (AvgIpc) is 2.95. The van der Waals surface area contributed by atoms with E-state index >= 15 is 0 Å². The van der Waals surface area contributed by atoms with Crippen LogP contribution in [0.25, 0.3) is 22.6 Å². The molecule has 1 aliphatic carbocycles. The van der Waals surface area contributed by atoms with Gasteiger partial charge in [0.1, 0.15) is 11.5 Å². The highest BCUT2D eigenvalue weighted by Crippen LogP contribution is 2.28. The Morgan fingerprint density at radius 3 is 2.35 bits per heavy atom. The molecule has 1 heterocycles. The Balaban J connectivity index is 0.00000192. The molecule has 0 N–H and O–H groups in total. The Morgan fingerprint density at radius 2 is 1.70 bits per heavy atom. The maximum atomic E-state index is 2.26. The van der Waals surface area contributed by atoms with Gasteiger partial charge in [-0.15, -0.1) is 3.96 Å². The predicted molar refractivity (Wildman–Crippen MR) is 96.5 cm³/mol. The van der Waals surface area contributed by atoms with Crippen LogP contribution in [-0.4, -0.2) is 14.1 Å². The summed E-state index contributed by atoms with van der Waals surface area (Å²) in [5, 5.41) is 0. The molecule has 0 saturated heterocycles. The number of hydrogen-bond acceptors (Lipinski definition) is 2. The molecular formula is C19H21IN2S. The highest BCUT2D eigenvalue weighted by atomic mass is 127. The Bertz CT molecular complexity index is 760. The SMILES string of the molecule is CC[n+]1ccc2cc(C=Cc3ccc(N(C)C)cc3)cc-2s1.[I-]. The maximum absolute atomic E-state index is 2.26. The topological polar surface area (TPSA) is 7.12 Å². The number of fused-ring (bicyclic) bond motifs is 1. The molecule has 3 rings (SSSR count). The first-order valence-corrected chi connectivity index (χ1v) is 8.32. The fourth-order valence-electron chi connectivity index (χ4n) is 2.40. The van der Waals surface area contributed by atoms with Crippen LogP contribution < -0.4 is 32.8 Å². The molecule has 0 fully saturated rings. The van der Waals surface area contributed by atoms with E-state index in [-0.39, 0.29) is 24.0 Å². The fraction of sp³-hybridized carbons (Fsp3) is 0.211. The van der Waals surface area contributed by atoms with Crippen LogP contribution in [0, 0.1) is 0 Å². The highest BCUT2D eigenvalue weighted by Gasteiger charge is 2.11. The molecule has 120 valence electrons. The lowest BCUT2D eigenvalue weighted by molar-refractivity contribution is -0.626. The lowest BCUT2D eigenvalue weighted by Gasteiger charge is -2.11. The number of halogens is 1. The van der Waals surface area contributed by atoms with Crippen molar-refractivity contribution in [2.24, 2.45) is 0 Å². The standard InChI is InChI=1S/C19H21N2S.HI/c1-4-21-12-11-17-13-16(14-19(17)22-21)6-5-15-7-9-18(10-8-15)20(2)3;/h5-14H,4H2,1-3H3;1H/q+1;/p-1. The third kappa shape index (κ3) is 4.32. The van der Waals surface area contributed by atoms with Crippen LogP contribution in [0.2, 0.25) is 0 Å². The zero-order valence-electron chi connectivity index (χ0n) is 13.7. The van der Waals surface area contributed by atoms with Crippen LogP contribution in [0.4, 0.5) is 5.69 Å². The Hall–Kier alpha value is -1.40. The largest absolute Gasteiger partial charge is 1.00 e. The summed E-state index contributed by atoms with van der Waals surface area (Å²) in [6.45, 7) is 3.19. The average molecular weight is 436 g/mol. The van der Waals surface area contributed by atoms with E-state index in [1.54, 1.807) is 0 Å². The van der Waals surface area contributed by atoms with Crippen LogP contribution in [0.15, 0.2) is 48.7 Å². The van der Waals surface area contributed by atoms with Crippen molar-refractivity contribution in [1.29, 1.82) is 0 Å². The molecule has 0 atom stereocenters. The third-order valence-corrected chi connectivity index (χ3v) is 4.89. The fourth-order valence-corrected chi connectivity index (χ4v) is 3.32. The molecule has 0 bridgehead atoms. The number of rotatable bonds is 4. The second-order valence-corrected chi connectivity index (χ2v) is 6.66. The van der Waals surface area contributed by atoms with Crippen molar-refractivity contribution in [3.8, 4) is 10.4 Å². The van der Waals surface area contributed by atoms with E-state index in [4.69, 9.17) is 0 Å². The van der Waals surface area contributed by atoms with Crippen molar-refractivity contribution in [2.45, 2.75) is 13.5 Å². The number of hydrogen-bond donors (Lipinski definition) is 0. The molecule has 1 aromatic rings. The summed E-state index contributed by atoms with van der Waals surface area (Å²) < 4.78 is 2.25. The van der Waals surface area contributed by atoms with Gasteiger partial charge < -0.3 is 28.9 Å². The first-order chi connectivity index (χ1) is 10.7. The Morgan fingerprint density at radius 1 is 1.00 bits per heavy atom. The second-order valence-electron chi connectivity index (χ2n) is 5.57. The summed E-state index contributed by atoms with van der Waals surface area (Å²) >= 11 is 1.81. The zero-order valence-corrected chi connectivity index (χ0v) is 16.6. The summed E-state index contributed by atoms with van der Waals surface area (Å²) in [6.07, 6.45) is 6.51. The lowest BCUT2D eigenvalue weighted by Crippen LogP contribution is -3.00. The maximum Gasteiger partial charge on any atom is 0.183 e.